The molecule has 0 fully saturated rings. The van der Waals surface area contributed by atoms with Gasteiger partial charge < -0.3 is 19.2 Å². The predicted octanol–water partition coefficient (Wildman–Crippen LogP) is -3.26. The summed E-state index contributed by atoms with van der Waals surface area (Å²) in [7, 11) is -4.61. The minimum atomic E-state index is -4.61. The van der Waals surface area contributed by atoms with Crippen molar-refractivity contribution >= 4 is 38.6 Å². The molecule has 0 aliphatic rings. The summed E-state index contributed by atoms with van der Waals surface area (Å²) in [6.45, 7) is 0. The third-order valence-electron chi connectivity index (χ3n) is 0. The Kier molecular flexibility index (Phi) is 12.9. The van der Waals surface area contributed by atoms with Crippen molar-refractivity contribution in [1.29, 1.82) is 0 Å². The van der Waals surface area contributed by atoms with Gasteiger partial charge in [-0.25, -0.2) is 0 Å². The molecule has 0 spiro atoms. The maximum atomic E-state index is 7.33. The molecule has 0 saturated heterocycles. The average molecular weight is 172 g/mol. The van der Waals surface area contributed by atoms with Gasteiger partial charge in [-0.05, 0) is 0 Å². The molecule has 0 bridgehead atoms. The van der Waals surface area contributed by atoms with Crippen molar-refractivity contribution in [2.75, 3.05) is 0 Å². The van der Waals surface area contributed by atoms with E-state index < -0.39 is 9.05 Å². The topological polar surface area (TPSA) is 80.9 Å². The van der Waals surface area contributed by atoms with Crippen LogP contribution in [0.15, 0.2) is 0 Å². The maximum absolute atomic E-state index is 7.33. The van der Waals surface area contributed by atoms with Crippen LogP contribution in [-0.4, -0.2) is 57.8 Å². The second kappa shape index (κ2) is 5.72. The van der Waals surface area contributed by atoms with Gasteiger partial charge in [-0.15, -0.1) is 0 Å². The van der Waals surface area contributed by atoms with Gasteiger partial charge >= 0.3 is 38.6 Å². The molecule has 0 aliphatic heterocycles. The fraction of sp³-hybridized carbons (Fsp3) is 0. The van der Waals surface area contributed by atoms with E-state index in [1.54, 1.807) is 0 Å². The van der Waals surface area contributed by atoms with Gasteiger partial charge in [0.15, 0.2) is 0 Å². The molecule has 0 aliphatic carbocycles. The summed E-state index contributed by atoms with van der Waals surface area (Å²) in [4.78, 5) is 29.3. The van der Waals surface area contributed by atoms with Crippen LogP contribution in [0.1, 0.15) is 0 Å². The van der Waals surface area contributed by atoms with Gasteiger partial charge in [-0.1, -0.05) is 0 Å². The van der Waals surface area contributed by atoms with E-state index in [0.717, 1.165) is 0 Å². The van der Waals surface area contributed by atoms with E-state index in [2.05, 4.69) is 0 Å². The van der Waals surface area contributed by atoms with Crippen LogP contribution >= 0.6 is 0 Å². The summed E-state index contributed by atoms with van der Waals surface area (Å²) < 4.78 is 0. The number of rotatable bonds is 0. The molecule has 0 aromatic rings. The first-order chi connectivity index (χ1) is 2.00. The van der Waals surface area contributed by atoms with E-state index in [-0.39, 0.29) is 46.9 Å². The van der Waals surface area contributed by atoms with Gasteiger partial charge in [-0.3, -0.25) is 0 Å². The Bertz CT molecular complexity index is 27.2. The van der Waals surface area contributed by atoms with Gasteiger partial charge in [0.25, 0.3) is 0 Å². The first-order valence-electron chi connectivity index (χ1n) is 0.894. The van der Waals surface area contributed by atoms with Crippen LogP contribution in [0.25, 0.3) is 0 Å². The first-order valence-corrected chi connectivity index (χ1v) is 2.68. The van der Waals surface area contributed by atoms with E-state index in [9.17, 15) is 0 Å². The van der Waals surface area contributed by atoms with Crippen molar-refractivity contribution < 1.29 is 36.5 Å². The van der Waals surface area contributed by atoms with Crippen LogP contribution in [0, 0.1) is 0 Å². The zero-order chi connectivity index (χ0) is 4.50. The molecule has 0 aromatic carbocycles. The van der Waals surface area contributed by atoms with E-state index >= 15 is 0 Å². The Morgan fingerprint density at radius 1 is 0.857 bits per heavy atom. The summed E-state index contributed by atoms with van der Waals surface area (Å²) in [5, 5.41) is 0. The molecule has 4 nitrogen and oxygen atoms in total. The summed E-state index contributed by atoms with van der Waals surface area (Å²) in [5.74, 6) is 0. The molecule has 7 heteroatoms. The van der Waals surface area contributed by atoms with Crippen LogP contribution in [-0.2, 0) is 17.4 Å². The fourth-order valence-electron chi connectivity index (χ4n) is 0. The molecular weight excluding hydrogens is 167 g/mol. The van der Waals surface area contributed by atoms with E-state index in [1.165, 1.54) is 0 Å². The zero-order valence-electron chi connectivity index (χ0n) is 2.70. The molecule has 0 unspecified atom stereocenters. The average Bonchev–Trinajstić information content (AvgIpc) is 0.722. The summed E-state index contributed by atoms with van der Waals surface area (Å²) in [5.41, 5.74) is 0. The molecule has 0 saturated carbocycles. The molecule has 0 aromatic heterocycles. The molecule has 0 radical (unpaired) electrons. The van der Waals surface area contributed by atoms with E-state index in [1.807, 2.05) is 0 Å². The number of hydrogen-bond acceptors (Lipinski definition) is 4. The first kappa shape index (κ1) is 15.8. The van der Waals surface area contributed by atoms with Crippen molar-refractivity contribution in [1.82, 2.24) is 0 Å². The second-order valence-electron chi connectivity index (χ2n) is 0.600. The van der Waals surface area contributed by atoms with Gasteiger partial charge in [0.05, 0.1) is 0 Å². The zero-order valence-corrected chi connectivity index (χ0v) is 4.97. The third kappa shape index (κ3) is 93.9. The molecule has 7 heavy (non-hydrogen) atoms. The standard InChI is InChI=1S/Cr.Na.H4O4Si.H/c;;1-5(2,3)4;/h;;1-4H;. The van der Waals surface area contributed by atoms with Crippen molar-refractivity contribution in [3.63, 3.8) is 0 Å². The van der Waals surface area contributed by atoms with Gasteiger partial charge in [0.1, 0.15) is 0 Å². The Hall–Kier alpha value is 1.59. The monoisotopic (exact) mass is 172 g/mol. The third-order valence-corrected chi connectivity index (χ3v) is 0. The molecule has 0 atom stereocenters. The Morgan fingerprint density at radius 3 is 0.857 bits per heavy atom. The van der Waals surface area contributed by atoms with Crippen LogP contribution in [0.4, 0.5) is 0 Å². The molecule has 0 heterocycles. The molecule has 0 amide bonds. The van der Waals surface area contributed by atoms with Crippen LogP contribution in [0.3, 0.4) is 0 Å². The summed E-state index contributed by atoms with van der Waals surface area (Å²) in [6, 6.07) is 0. The van der Waals surface area contributed by atoms with Crippen molar-refractivity contribution in [3.05, 3.63) is 0 Å². The van der Waals surface area contributed by atoms with E-state index in [4.69, 9.17) is 19.2 Å². The van der Waals surface area contributed by atoms with Crippen molar-refractivity contribution in [2.45, 2.75) is 0 Å². The van der Waals surface area contributed by atoms with Crippen molar-refractivity contribution in [3.8, 4) is 0 Å². The Morgan fingerprint density at radius 2 is 0.857 bits per heavy atom. The quantitative estimate of drug-likeness (QED) is 0.289. The second-order valence-corrected chi connectivity index (χ2v) is 1.80. The summed E-state index contributed by atoms with van der Waals surface area (Å²) in [6.07, 6.45) is 0. The van der Waals surface area contributed by atoms with Crippen LogP contribution < -0.4 is 0 Å². The van der Waals surface area contributed by atoms with E-state index in [0.29, 0.717) is 0 Å². The Balaban J connectivity index is -0.0000000800. The van der Waals surface area contributed by atoms with Gasteiger partial charge in [-0.2, -0.15) is 0 Å². The van der Waals surface area contributed by atoms with Crippen molar-refractivity contribution in [2.24, 2.45) is 0 Å². The predicted molar refractivity (Wildman–Crippen MR) is 21.8 cm³/mol. The van der Waals surface area contributed by atoms with Crippen LogP contribution in [0.5, 0.6) is 0 Å². The number of hydrogen-bond donors (Lipinski definition) is 4. The van der Waals surface area contributed by atoms with Gasteiger partial charge in [0.2, 0.25) is 0 Å². The molecule has 40 valence electrons. The molecule has 4 N–H and O–H groups in total. The minimum absolute atomic E-state index is 0. The van der Waals surface area contributed by atoms with Crippen LogP contribution in [0.2, 0.25) is 0 Å². The SMILES string of the molecule is O[Si](O)(O)O.[Cr].[NaH]. The fourth-order valence-corrected chi connectivity index (χ4v) is 0. The molecule has 0 rings (SSSR count). The summed E-state index contributed by atoms with van der Waals surface area (Å²) >= 11 is 0. The van der Waals surface area contributed by atoms with Gasteiger partial charge in [0, 0.05) is 17.4 Å². The normalized spacial score (nSPS) is 8.57. The Labute approximate surface area is 74.7 Å². The molecular formula is H5CrNaO4Si.